The van der Waals surface area contributed by atoms with Crippen molar-refractivity contribution in [2.45, 2.75) is 43.0 Å². The number of hydrogen-bond donors (Lipinski definition) is 2. The van der Waals surface area contributed by atoms with Gasteiger partial charge in [-0.05, 0) is 49.9 Å². The highest BCUT2D eigenvalue weighted by Gasteiger charge is 2.33. The molecule has 2 N–H and O–H groups in total. The van der Waals surface area contributed by atoms with Gasteiger partial charge in [-0.1, -0.05) is 6.07 Å². The van der Waals surface area contributed by atoms with Gasteiger partial charge in [-0.2, -0.15) is 0 Å². The van der Waals surface area contributed by atoms with Gasteiger partial charge < -0.3 is 4.98 Å². The minimum Gasteiger partial charge on any atom is -0.345 e. The number of benzene rings is 1. The zero-order valence-electron chi connectivity index (χ0n) is 15.6. The van der Waals surface area contributed by atoms with E-state index in [0.29, 0.717) is 24.1 Å². The van der Waals surface area contributed by atoms with Crippen molar-refractivity contribution in [1.82, 2.24) is 29.3 Å². The zero-order chi connectivity index (χ0) is 20.2. The zero-order valence-corrected chi connectivity index (χ0v) is 16.4. The lowest BCUT2D eigenvalue weighted by Gasteiger charge is -2.15. The second-order valence-electron chi connectivity index (χ2n) is 7.46. The summed E-state index contributed by atoms with van der Waals surface area (Å²) in [5.74, 6) is 0.293. The number of nitrogens with zero attached hydrogens (tertiary/aromatic N) is 4. The average Bonchev–Trinajstić information content (AvgIpc) is 3.40. The Hall–Kier alpha value is -2.85. The van der Waals surface area contributed by atoms with E-state index in [9.17, 15) is 12.8 Å². The fourth-order valence-corrected chi connectivity index (χ4v) is 5.67. The SMILES string of the molecule is Cc1ccc(F)cc1S(=O)(=O)N[C@H]1CC[C@@H](c2nnc3cnc4[nH]ccc4n23)C1. The van der Waals surface area contributed by atoms with Crippen LogP contribution in [0.5, 0.6) is 0 Å². The lowest BCUT2D eigenvalue weighted by Crippen LogP contribution is -2.33. The van der Waals surface area contributed by atoms with E-state index in [1.807, 2.05) is 16.7 Å². The predicted molar refractivity (Wildman–Crippen MR) is 104 cm³/mol. The van der Waals surface area contributed by atoms with Crippen LogP contribution in [0.15, 0.2) is 41.6 Å². The molecule has 8 nitrogen and oxygen atoms in total. The van der Waals surface area contributed by atoms with Crippen LogP contribution >= 0.6 is 0 Å². The summed E-state index contributed by atoms with van der Waals surface area (Å²) in [5.41, 5.74) is 2.81. The van der Waals surface area contributed by atoms with Gasteiger partial charge in [0.2, 0.25) is 10.0 Å². The first-order valence-corrected chi connectivity index (χ1v) is 10.9. The number of H-pyrrole nitrogens is 1. The summed E-state index contributed by atoms with van der Waals surface area (Å²) >= 11 is 0. The van der Waals surface area contributed by atoms with Gasteiger partial charge in [0, 0.05) is 18.2 Å². The molecule has 29 heavy (non-hydrogen) atoms. The van der Waals surface area contributed by atoms with Gasteiger partial charge in [-0.25, -0.2) is 22.5 Å². The third-order valence-electron chi connectivity index (χ3n) is 5.53. The van der Waals surface area contributed by atoms with Crippen molar-refractivity contribution >= 4 is 26.8 Å². The van der Waals surface area contributed by atoms with Gasteiger partial charge in [0.1, 0.15) is 11.6 Å². The summed E-state index contributed by atoms with van der Waals surface area (Å²) in [7, 11) is -3.81. The Morgan fingerprint density at radius 2 is 2.10 bits per heavy atom. The van der Waals surface area contributed by atoms with Crippen LogP contribution < -0.4 is 4.72 Å². The molecule has 4 aromatic rings. The Morgan fingerprint density at radius 3 is 2.97 bits per heavy atom. The summed E-state index contributed by atoms with van der Waals surface area (Å²) in [6.07, 6.45) is 5.53. The minimum absolute atomic E-state index is 0.0195. The van der Waals surface area contributed by atoms with Gasteiger partial charge in [0.05, 0.1) is 16.6 Å². The molecule has 1 aliphatic carbocycles. The molecule has 1 saturated carbocycles. The monoisotopic (exact) mass is 414 g/mol. The van der Waals surface area contributed by atoms with Crippen molar-refractivity contribution in [2.75, 3.05) is 0 Å². The highest BCUT2D eigenvalue weighted by molar-refractivity contribution is 7.89. The fourth-order valence-electron chi connectivity index (χ4n) is 4.13. The molecule has 150 valence electrons. The quantitative estimate of drug-likeness (QED) is 0.534. The fraction of sp³-hybridized carbons (Fsp3) is 0.316. The van der Waals surface area contributed by atoms with Crippen molar-refractivity contribution in [3.63, 3.8) is 0 Å². The van der Waals surface area contributed by atoms with Gasteiger partial charge >= 0.3 is 0 Å². The third kappa shape index (κ3) is 3.08. The van der Waals surface area contributed by atoms with Gasteiger partial charge in [-0.3, -0.25) is 4.40 Å². The molecule has 0 amide bonds. The molecule has 0 bridgehead atoms. The summed E-state index contributed by atoms with van der Waals surface area (Å²) in [6.45, 7) is 1.66. The van der Waals surface area contributed by atoms with Crippen molar-refractivity contribution in [3.8, 4) is 0 Å². The Labute approximate surface area is 166 Å². The molecule has 0 spiro atoms. The smallest absolute Gasteiger partial charge is 0.241 e. The number of nitrogens with one attached hydrogen (secondary N) is 2. The second-order valence-corrected chi connectivity index (χ2v) is 9.14. The Kier molecular flexibility index (Phi) is 4.14. The van der Waals surface area contributed by atoms with E-state index in [1.165, 1.54) is 12.1 Å². The summed E-state index contributed by atoms with van der Waals surface area (Å²) in [4.78, 5) is 7.38. The molecule has 5 rings (SSSR count). The summed E-state index contributed by atoms with van der Waals surface area (Å²) < 4.78 is 43.8. The Morgan fingerprint density at radius 1 is 1.24 bits per heavy atom. The molecule has 10 heteroatoms. The van der Waals surface area contributed by atoms with Crippen LogP contribution in [0.1, 0.15) is 36.6 Å². The normalized spacial score (nSPS) is 20.1. The largest absolute Gasteiger partial charge is 0.345 e. The molecule has 3 aromatic heterocycles. The average molecular weight is 414 g/mol. The standard InChI is InChI=1S/C19H19FN6O2S/c1-11-2-4-13(20)9-16(11)29(27,28)25-14-5-3-12(8-14)19-24-23-17-10-22-18-15(26(17)19)6-7-21-18/h2,4,6-7,9-10,12,14,21,25H,3,5,8H2,1H3/t12-,14+/m1/s1. The number of aryl methyl sites for hydroxylation is 1. The highest BCUT2D eigenvalue weighted by atomic mass is 32.2. The van der Waals surface area contributed by atoms with Crippen LogP contribution in [0, 0.1) is 12.7 Å². The topological polar surface area (TPSA) is 105 Å². The summed E-state index contributed by atoms with van der Waals surface area (Å²) in [6, 6.07) is 5.46. The number of aromatic amines is 1. The van der Waals surface area contributed by atoms with E-state index < -0.39 is 15.8 Å². The van der Waals surface area contributed by atoms with Crippen LogP contribution in [0.4, 0.5) is 4.39 Å². The van der Waals surface area contributed by atoms with Crippen molar-refractivity contribution in [1.29, 1.82) is 0 Å². The number of sulfonamides is 1. The molecule has 1 fully saturated rings. The van der Waals surface area contributed by atoms with Crippen molar-refractivity contribution in [3.05, 3.63) is 53.9 Å². The number of aromatic nitrogens is 5. The lowest BCUT2D eigenvalue weighted by atomic mass is 10.1. The van der Waals surface area contributed by atoms with Crippen LogP contribution in [0.2, 0.25) is 0 Å². The van der Waals surface area contributed by atoms with E-state index in [4.69, 9.17) is 0 Å². The maximum Gasteiger partial charge on any atom is 0.241 e. The summed E-state index contributed by atoms with van der Waals surface area (Å²) in [5, 5.41) is 8.57. The molecule has 2 atom stereocenters. The highest BCUT2D eigenvalue weighted by Crippen LogP contribution is 2.35. The number of rotatable bonds is 4. The molecule has 0 unspecified atom stereocenters. The van der Waals surface area contributed by atoms with Crippen LogP contribution in [-0.4, -0.2) is 39.0 Å². The van der Waals surface area contributed by atoms with E-state index in [-0.39, 0.29) is 16.9 Å². The first kappa shape index (κ1) is 18.2. The molecule has 0 saturated heterocycles. The first-order valence-electron chi connectivity index (χ1n) is 9.38. The predicted octanol–water partition coefficient (Wildman–Crippen LogP) is 2.67. The van der Waals surface area contributed by atoms with Gasteiger partial charge in [-0.15, -0.1) is 10.2 Å². The molecular formula is C19H19FN6O2S. The van der Waals surface area contributed by atoms with Crippen LogP contribution in [-0.2, 0) is 10.0 Å². The molecular weight excluding hydrogens is 395 g/mol. The van der Waals surface area contributed by atoms with Crippen molar-refractivity contribution in [2.24, 2.45) is 0 Å². The number of hydrogen-bond acceptors (Lipinski definition) is 5. The van der Waals surface area contributed by atoms with Crippen LogP contribution in [0.3, 0.4) is 0 Å². The first-order chi connectivity index (χ1) is 13.9. The molecule has 0 aliphatic heterocycles. The third-order valence-corrected chi connectivity index (χ3v) is 7.19. The Balaban J connectivity index is 1.41. The van der Waals surface area contributed by atoms with E-state index in [2.05, 4.69) is 24.9 Å². The molecule has 1 aromatic carbocycles. The maximum atomic E-state index is 13.6. The van der Waals surface area contributed by atoms with E-state index >= 15 is 0 Å². The number of fused-ring (bicyclic) bond motifs is 3. The molecule has 3 heterocycles. The van der Waals surface area contributed by atoms with Crippen LogP contribution in [0.25, 0.3) is 16.8 Å². The maximum absolute atomic E-state index is 13.6. The molecule has 0 radical (unpaired) electrons. The van der Waals surface area contributed by atoms with Gasteiger partial charge in [0.15, 0.2) is 11.3 Å². The second kappa shape index (κ2) is 6.60. The Bertz CT molecular complexity index is 1330. The van der Waals surface area contributed by atoms with Gasteiger partial charge in [0.25, 0.3) is 0 Å². The van der Waals surface area contributed by atoms with E-state index in [1.54, 1.807) is 13.1 Å². The molecule has 1 aliphatic rings. The lowest BCUT2D eigenvalue weighted by molar-refractivity contribution is 0.544. The van der Waals surface area contributed by atoms with Crippen molar-refractivity contribution < 1.29 is 12.8 Å². The minimum atomic E-state index is -3.81. The number of halogens is 1. The van der Waals surface area contributed by atoms with E-state index in [0.717, 1.165) is 29.5 Å².